The van der Waals surface area contributed by atoms with E-state index >= 15 is 0 Å². The van der Waals surface area contributed by atoms with Crippen LogP contribution in [0.2, 0.25) is 0 Å². The van der Waals surface area contributed by atoms with Crippen molar-refractivity contribution < 1.29 is 9.84 Å². The molecule has 0 aromatic rings. The number of aliphatic hydroxyl groups is 1. The van der Waals surface area contributed by atoms with E-state index in [2.05, 4.69) is 18.7 Å². The van der Waals surface area contributed by atoms with E-state index in [1.807, 2.05) is 0 Å². The first-order chi connectivity index (χ1) is 5.24. The molecule has 0 aromatic heterocycles. The third-order valence-corrected chi connectivity index (χ3v) is 2.10. The van der Waals surface area contributed by atoms with Crippen LogP contribution in [0.3, 0.4) is 0 Å². The van der Waals surface area contributed by atoms with Crippen molar-refractivity contribution in [2.24, 2.45) is 0 Å². The van der Waals surface area contributed by atoms with Crippen LogP contribution in [0, 0.1) is 0 Å². The van der Waals surface area contributed by atoms with Gasteiger partial charge in [0.05, 0.1) is 19.3 Å². The van der Waals surface area contributed by atoms with E-state index in [1.54, 1.807) is 0 Å². The Morgan fingerprint density at radius 3 is 2.91 bits per heavy atom. The molecule has 1 N–H and O–H groups in total. The summed E-state index contributed by atoms with van der Waals surface area (Å²) in [7, 11) is 0. The Balaban J connectivity index is 2.33. The summed E-state index contributed by atoms with van der Waals surface area (Å²) in [6.45, 7) is 7.09. The largest absolute Gasteiger partial charge is 0.394 e. The van der Waals surface area contributed by atoms with E-state index in [4.69, 9.17) is 9.84 Å². The lowest BCUT2D eigenvalue weighted by atomic mass is 10.2. The third kappa shape index (κ3) is 2.43. The molecule has 1 rings (SSSR count). The molecule has 3 heteroatoms. The predicted molar refractivity (Wildman–Crippen MR) is 43.5 cm³/mol. The Labute approximate surface area is 68.0 Å². The van der Waals surface area contributed by atoms with Gasteiger partial charge >= 0.3 is 0 Å². The SMILES string of the molecule is CC(C)N1CCO[C@@H](CO)C1. The summed E-state index contributed by atoms with van der Waals surface area (Å²) < 4.78 is 5.32. The standard InChI is InChI=1S/C8H17NO2/c1-7(2)9-3-4-11-8(5-9)6-10/h7-8,10H,3-6H2,1-2H3/t8-/m1/s1. The molecule has 0 saturated carbocycles. The summed E-state index contributed by atoms with van der Waals surface area (Å²) in [5.74, 6) is 0. The summed E-state index contributed by atoms with van der Waals surface area (Å²) in [5, 5.41) is 8.84. The van der Waals surface area contributed by atoms with Crippen LogP contribution in [-0.4, -0.2) is 48.5 Å². The summed E-state index contributed by atoms with van der Waals surface area (Å²) >= 11 is 0. The van der Waals surface area contributed by atoms with Crippen LogP contribution in [0.25, 0.3) is 0 Å². The Bertz CT molecular complexity index is 117. The minimum Gasteiger partial charge on any atom is -0.394 e. The summed E-state index contributed by atoms with van der Waals surface area (Å²) in [6.07, 6.45) is 0.0335. The van der Waals surface area contributed by atoms with Gasteiger partial charge in [0.15, 0.2) is 0 Å². The van der Waals surface area contributed by atoms with Crippen LogP contribution in [-0.2, 0) is 4.74 Å². The van der Waals surface area contributed by atoms with Crippen molar-refractivity contribution in [2.45, 2.75) is 26.0 Å². The molecule has 1 atom stereocenters. The zero-order valence-corrected chi connectivity index (χ0v) is 7.29. The molecule has 0 aromatic carbocycles. The number of nitrogens with zero attached hydrogens (tertiary/aromatic N) is 1. The minimum atomic E-state index is 0.0335. The van der Waals surface area contributed by atoms with E-state index in [0.29, 0.717) is 6.04 Å². The molecule has 0 radical (unpaired) electrons. The number of ether oxygens (including phenoxy) is 1. The number of hydrogen-bond donors (Lipinski definition) is 1. The molecule has 1 aliphatic heterocycles. The molecule has 1 aliphatic rings. The monoisotopic (exact) mass is 159 g/mol. The Kier molecular flexibility index (Phi) is 3.30. The van der Waals surface area contributed by atoms with Crippen LogP contribution < -0.4 is 0 Å². The number of hydrogen-bond acceptors (Lipinski definition) is 3. The fourth-order valence-electron chi connectivity index (χ4n) is 1.32. The van der Waals surface area contributed by atoms with Crippen molar-refractivity contribution >= 4 is 0 Å². The molecule has 66 valence electrons. The average molecular weight is 159 g/mol. The van der Waals surface area contributed by atoms with Gasteiger partial charge in [0.25, 0.3) is 0 Å². The minimum absolute atomic E-state index is 0.0335. The van der Waals surface area contributed by atoms with Crippen LogP contribution in [0.1, 0.15) is 13.8 Å². The topological polar surface area (TPSA) is 32.7 Å². The van der Waals surface area contributed by atoms with Crippen molar-refractivity contribution in [3.63, 3.8) is 0 Å². The highest BCUT2D eigenvalue weighted by atomic mass is 16.5. The predicted octanol–water partition coefficient (Wildman–Crippen LogP) is 0.0879. The van der Waals surface area contributed by atoms with Gasteiger partial charge in [-0.2, -0.15) is 0 Å². The van der Waals surface area contributed by atoms with Gasteiger partial charge in [-0.05, 0) is 13.8 Å². The number of aliphatic hydroxyl groups excluding tert-OH is 1. The van der Waals surface area contributed by atoms with Gasteiger partial charge in [0.2, 0.25) is 0 Å². The fraction of sp³-hybridized carbons (Fsp3) is 1.00. The first-order valence-electron chi connectivity index (χ1n) is 4.20. The fourth-order valence-corrected chi connectivity index (χ4v) is 1.32. The highest BCUT2D eigenvalue weighted by molar-refractivity contribution is 4.72. The maximum Gasteiger partial charge on any atom is 0.0932 e. The van der Waals surface area contributed by atoms with Crippen LogP contribution in [0.5, 0.6) is 0 Å². The lowest BCUT2D eigenvalue weighted by Gasteiger charge is -2.34. The van der Waals surface area contributed by atoms with Crippen molar-refractivity contribution in [1.29, 1.82) is 0 Å². The normalized spacial score (nSPS) is 27.8. The molecular formula is C8H17NO2. The highest BCUT2D eigenvalue weighted by Crippen LogP contribution is 2.07. The van der Waals surface area contributed by atoms with Crippen molar-refractivity contribution in [1.82, 2.24) is 4.90 Å². The quantitative estimate of drug-likeness (QED) is 0.619. The second-order valence-electron chi connectivity index (χ2n) is 3.26. The van der Waals surface area contributed by atoms with Crippen LogP contribution in [0.4, 0.5) is 0 Å². The van der Waals surface area contributed by atoms with Crippen molar-refractivity contribution in [3.8, 4) is 0 Å². The maximum atomic E-state index is 8.84. The second-order valence-corrected chi connectivity index (χ2v) is 3.26. The van der Waals surface area contributed by atoms with Gasteiger partial charge in [0.1, 0.15) is 0 Å². The lowest BCUT2D eigenvalue weighted by Crippen LogP contribution is -2.46. The van der Waals surface area contributed by atoms with E-state index in [9.17, 15) is 0 Å². The summed E-state index contributed by atoms with van der Waals surface area (Å²) in [5.41, 5.74) is 0. The Morgan fingerprint density at radius 1 is 1.64 bits per heavy atom. The van der Waals surface area contributed by atoms with E-state index in [0.717, 1.165) is 19.7 Å². The number of rotatable bonds is 2. The molecule has 11 heavy (non-hydrogen) atoms. The molecule has 0 amide bonds. The molecule has 0 bridgehead atoms. The smallest absolute Gasteiger partial charge is 0.0932 e. The van der Waals surface area contributed by atoms with Crippen LogP contribution in [0.15, 0.2) is 0 Å². The van der Waals surface area contributed by atoms with Crippen LogP contribution >= 0.6 is 0 Å². The Hall–Kier alpha value is -0.120. The summed E-state index contributed by atoms with van der Waals surface area (Å²) in [4.78, 5) is 2.32. The average Bonchev–Trinajstić information content (AvgIpc) is 2.05. The molecule has 1 heterocycles. The summed E-state index contributed by atoms with van der Waals surface area (Å²) in [6, 6.07) is 0.563. The molecule has 0 spiro atoms. The van der Waals surface area contributed by atoms with E-state index < -0.39 is 0 Å². The zero-order valence-electron chi connectivity index (χ0n) is 7.29. The molecule has 0 unspecified atom stereocenters. The molecule has 1 fully saturated rings. The highest BCUT2D eigenvalue weighted by Gasteiger charge is 2.20. The number of morpholine rings is 1. The molecule has 3 nitrogen and oxygen atoms in total. The lowest BCUT2D eigenvalue weighted by molar-refractivity contribution is -0.0608. The van der Waals surface area contributed by atoms with Gasteiger partial charge in [0, 0.05) is 19.1 Å². The van der Waals surface area contributed by atoms with Crippen molar-refractivity contribution in [3.05, 3.63) is 0 Å². The van der Waals surface area contributed by atoms with E-state index in [-0.39, 0.29) is 12.7 Å². The first-order valence-corrected chi connectivity index (χ1v) is 4.20. The van der Waals surface area contributed by atoms with Gasteiger partial charge in [-0.1, -0.05) is 0 Å². The molecular weight excluding hydrogens is 142 g/mol. The third-order valence-electron chi connectivity index (χ3n) is 2.10. The zero-order chi connectivity index (χ0) is 8.27. The van der Waals surface area contributed by atoms with Gasteiger partial charge in [-0.15, -0.1) is 0 Å². The molecule has 1 saturated heterocycles. The van der Waals surface area contributed by atoms with Crippen molar-refractivity contribution in [2.75, 3.05) is 26.3 Å². The van der Waals surface area contributed by atoms with E-state index in [1.165, 1.54) is 0 Å². The van der Waals surface area contributed by atoms with Gasteiger partial charge in [-0.3, -0.25) is 4.90 Å². The first kappa shape index (κ1) is 8.97. The second kappa shape index (κ2) is 4.04. The Morgan fingerprint density at radius 2 is 2.36 bits per heavy atom. The molecule has 0 aliphatic carbocycles. The van der Waals surface area contributed by atoms with Gasteiger partial charge < -0.3 is 9.84 Å². The maximum absolute atomic E-state index is 8.84. The van der Waals surface area contributed by atoms with Gasteiger partial charge in [-0.25, -0.2) is 0 Å².